The Balaban J connectivity index is 2.34. The highest BCUT2D eigenvalue weighted by Gasteiger charge is 2.11. The highest BCUT2D eigenvalue weighted by Crippen LogP contribution is 2.24. The Bertz CT molecular complexity index is 380. The Labute approximate surface area is 82.9 Å². The molecule has 1 aromatic heterocycles. The van der Waals surface area contributed by atoms with Crippen molar-refractivity contribution in [3.05, 3.63) is 17.8 Å². The maximum atomic E-state index is 5.70. The third-order valence-electron chi connectivity index (χ3n) is 2.18. The Morgan fingerprint density at radius 2 is 2.29 bits per heavy atom. The smallest absolute Gasteiger partial charge is 0.149 e. The predicted molar refractivity (Wildman–Crippen MR) is 57.0 cm³/mol. The summed E-state index contributed by atoms with van der Waals surface area (Å²) in [6.07, 6.45) is 6.95. The standard InChI is InChI=1S/C10H12N4/c1-2-8(11)7-5-9-10(14-6-7)13-4-3-12-9/h1,5-6,8,12H,3-4,11H2,(H,13,14). The first-order valence-electron chi connectivity index (χ1n) is 4.50. The Hall–Kier alpha value is -1.73. The zero-order valence-electron chi connectivity index (χ0n) is 7.75. The fraction of sp³-hybridized carbons (Fsp3) is 0.300. The fourth-order valence-electron chi connectivity index (χ4n) is 1.40. The topological polar surface area (TPSA) is 63.0 Å². The summed E-state index contributed by atoms with van der Waals surface area (Å²) >= 11 is 0. The molecular weight excluding hydrogens is 176 g/mol. The molecule has 0 spiro atoms. The summed E-state index contributed by atoms with van der Waals surface area (Å²) in [4.78, 5) is 4.24. The van der Waals surface area contributed by atoms with Crippen LogP contribution in [0.2, 0.25) is 0 Å². The van der Waals surface area contributed by atoms with Gasteiger partial charge in [-0.3, -0.25) is 0 Å². The molecule has 0 radical (unpaired) electrons. The van der Waals surface area contributed by atoms with Crippen molar-refractivity contribution < 1.29 is 0 Å². The molecule has 0 aromatic carbocycles. The summed E-state index contributed by atoms with van der Waals surface area (Å²) in [6, 6.07) is 1.57. The van der Waals surface area contributed by atoms with E-state index in [-0.39, 0.29) is 6.04 Å². The largest absolute Gasteiger partial charge is 0.380 e. The van der Waals surface area contributed by atoms with E-state index in [4.69, 9.17) is 12.2 Å². The van der Waals surface area contributed by atoms with Gasteiger partial charge in [-0.2, -0.15) is 0 Å². The lowest BCUT2D eigenvalue weighted by Gasteiger charge is -2.19. The second-order valence-corrected chi connectivity index (χ2v) is 3.16. The van der Waals surface area contributed by atoms with Gasteiger partial charge >= 0.3 is 0 Å². The number of hydrogen-bond acceptors (Lipinski definition) is 4. The Kier molecular flexibility index (Phi) is 2.25. The van der Waals surface area contributed by atoms with E-state index >= 15 is 0 Å². The number of anilines is 2. The molecular formula is C10H12N4. The highest BCUT2D eigenvalue weighted by atomic mass is 15.1. The molecule has 0 bridgehead atoms. The SMILES string of the molecule is C#CC(N)c1cnc2c(c1)NCCN2. The number of terminal acetylenes is 1. The van der Waals surface area contributed by atoms with Crippen molar-refractivity contribution in [2.75, 3.05) is 23.7 Å². The van der Waals surface area contributed by atoms with E-state index in [1.165, 1.54) is 0 Å². The number of pyridine rings is 1. The summed E-state index contributed by atoms with van der Waals surface area (Å²) in [5.41, 5.74) is 7.54. The molecule has 0 saturated heterocycles. The number of fused-ring (bicyclic) bond motifs is 1. The third kappa shape index (κ3) is 1.50. The van der Waals surface area contributed by atoms with Crippen molar-refractivity contribution in [2.24, 2.45) is 5.73 Å². The maximum Gasteiger partial charge on any atom is 0.149 e. The average molecular weight is 188 g/mol. The quantitative estimate of drug-likeness (QED) is 0.563. The van der Waals surface area contributed by atoms with Gasteiger partial charge in [0.25, 0.3) is 0 Å². The van der Waals surface area contributed by atoms with Gasteiger partial charge in [-0.05, 0) is 6.07 Å². The lowest BCUT2D eigenvalue weighted by molar-refractivity contribution is 0.925. The number of hydrogen-bond donors (Lipinski definition) is 3. The van der Waals surface area contributed by atoms with Crippen LogP contribution >= 0.6 is 0 Å². The van der Waals surface area contributed by atoms with Gasteiger partial charge in [-0.15, -0.1) is 6.42 Å². The number of nitrogens with two attached hydrogens (primary N) is 1. The van der Waals surface area contributed by atoms with E-state index < -0.39 is 0 Å². The number of rotatable bonds is 1. The molecule has 4 heteroatoms. The van der Waals surface area contributed by atoms with Gasteiger partial charge in [-0.25, -0.2) is 4.98 Å². The summed E-state index contributed by atoms with van der Waals surface area (Å²) in [5, 5.41) is 6.41. The lowest BCUT2D eigenvalue weighted by Crippen LogP contribution is -2.22. The Morgan fingerprint density at radius 3 is 3.07 bits per heavy atom. The molecule has 1 aliphatic rings. The van der Waals surface area contributed by atoms with Crippen LogP contribution < -0.4 is 16.4 Å². The van der Waals surface area contributed by atoms with E-state index in [1.807, 2.05) is 6.07 Å². The molecule has 72 valence electrons. The van der Waals surface area contributed by atoms with Gasteiger partial charge in [0.2, 0.25) is 0 Å². The number of nitrogens with one attached hydrogen (secondary N) is 2. The van der Waals surface area contributed by atoms with Gasteiger partial charge in [0.05, 0.1) is 11.7 Å². The van der Waals surface area contributed by atoms with Crippen molar-refractivity contribution in [1.29, 1.82) is 0 Å². The van der Waals surface area contributed by atoms with Crippen molar-refractivity contribution >= 4 is 11.5 Å². The number of nitrogens with zero attached hydrogens (tertiary/aromatic N) is 1. The van der Waals surface area contributed by atoms with E-state index in [2.05, 4.69) is 21.5 Å². The molecule has 0 amide bonds. The average Bonchev–Trinajstić information content (AvgIpc) is 2.27. The molecule has 0 saturated carbocycles. The van der Waals surface area contributed by atoms with Crippen LogP contribution in [-0.2, 0) is 0 Å². The normalized spacial score (nSPS) is 15.7. The first-order valence-corrected chi connectivity index (χ1v) is 4.50. The van der Waals surface area contributed by atoms with Crippen molar-refractivity contribution in [3.8, 4) is 12.3 Å². The van der Waals surface area contributed by atoms with E-state index in [0.29, 0.717) is 0 Å². The monoisotopic (exact) mass is 188 g/mol. The van der Waals surface area contributed by atoms with E-state index in [9.17, 15) is 0 Å². The highest BCUT2D eigenvalue weighted by molar-refractivity contribution is 5.67. The van der Waals surface area contributed by atoms with Gasteiger partial charge in [0.1, 0.15) is 5.82 Å². The first-order chi connectivity index (χ1) is 6.81. The van der Waals surface area contributed by atoms with Crippen LogP contribution in [0.5, 0.6) is 0 Å². The van der Waals surface area contributed by atoms with Crippen molar-refractivity contribution in [2.45, 2.75) is 6.04 Å². The van der Waals surface area contributed by atoms with Crippen molar-refractivity contribution in [1.82, 2.24) is 4.98 Å². The van der Waals surface area contributed by atoms with Crippen LogP contribution in [0.3, 0.4) is 0 Å². The molecule has 1 aliphatic heterocycles. The van der Waals surface area contributed by atoms with Crippen LogP contribution in [0.4, 0.5) is 11.5 Å². The Morgan fingerprint density at radius 1 is 1.50 bits per heavy atom. The second kappa shape index (κ2) is 3.56. The predicted octanol–water partition coefficient (Wildman–Crippen LogP) is 0.552. The lowest BCUT2D eigenvalue weighted by atomic mass is 10.1. The van der Waals surface area contributed by atoms with E-state index in [0.717, 1.165) is 30.2 Å². The second-order valence-electron chi connectivity index (χ2n) is 3.16. The van der Waals surface area contributed by atoms with Gasteiger partial charge < -0.3 is 16.4 Å². The summed E-state index contributed by atoms with van der Waals surface area (Å²) in [7, 11) is 0. The van der Waals surface area contributed by atoms with Gasteiger partial charge in [0.15, 0.2) is 0 Å². The fourth-order valence-corrected chi connectivity index (χ4v) is 1.40. The summed E-state index contributed by atoms with van der Waals surface area (Å²) in [5.74, 6) is 3.34. The number of aromatic nitrogens is 1. The van der Waals surface area contributed by atoms with Crippen LogP contribution in [0.1, 0.15) is 11.6 Å². The van der Waals surface area contributed by atoms with Crippen LogP contribution in [0.25, 0.3) is 0 Å². The maximum absolute atomic E-state index is 5.70. The van der Waals surface area contributed by atoms with E-state index in [1.54, 1.807) is 6.20 Å². The molecule has 1 aromatic rings. The van der Waals surface area contributed by atoms with Crippen LogP contribution in [0.15, 0.2) is 12.3 Å². The molecule has 1 atom stereocenters. The minimum absolute atomic E-state index is 0.378. The summed E-state index contributed by atoms with van der Waals surface area (Å²) in [6.45, 7) is 1.78. The molecule has 4 N–H and O–H groups in total. The van der Waals surface area contributed by atoms with Crippen LogP contribution in [0, 0.1) is 12.3 Å². The molecule has 0 aliphatic carbocycles. The molecule has 14 heavy (non-hydrogen) atoms. The van der Waals surface area contributed by atoms with Crippen molar-refractivity contribution in [3.63, 3.8) is 0 Å². The summed E-state index contributed by atoms with van der Waals surface area (Å²) < 4.78 is 0. The zero-order valence-corrected chi connectivity index (χ0v) is 7.75. The minimum Gasteiger partial charge on any atom is -0.380 e. The molecule has 2 rings (SSSR count). The molecule has 2 heterocycles. The molecule has 0 fully saturated rings. The van der Waals surface area contributed by atoms with Crippen LogP contribution in [-0.4, -0.2) is 18.1 Å². The molecule has 4 nitrogen and oxygen atoms in total. The van der Waals surface area contributed by atoms with Gasteiger partial charge in [0, 0.05) is 24.8 Å². The zero-order chi connectivity index (χ0) is 9.97. The van der Waals surface area contributed by atoms with Gasteiger partial charge in [-0.1, -0.05) is 5.92 Å². The molecule has 1 unspecified atom stereocenters. The first kappa shape index (κ1) is 8.85. The minimum atomic E-state index is -0.378. The third-order valence-corrected chi connectivity index (χ3v) is 2.18.